The smallest absolute Gasteiger partial charge is 0.223 e. The van der Waals surface area contributed by atoms with E-state index in [0.29, 0.717) is 0 Å². The van der Waals surface area contributed by atoms with Gasteiger partial charge in [-0.3, -0.25) is 0 Å². The first-order chi connectivity index (χ1) is 7.79. The molecular weight excluding hydrogens is 212 g/mol. The molecular formula is C14H24OSi. The van der Waals surface area contributed by atoms with Crippen molar-refractivity contribution in [2.45, 2.75) is 45.7 Å². The lowest BCUT2D eigenvalue weighted by atomic mass is 10.4. The first-order valence-corrected chi connectivity index (χ1v) is 8.80. The molecule has 2 heteroatoms. The largest absolute Gasteiger partial charge is 0.412 e. The van der Waals surface area contributed by atoms with E-state index in [9.17, 15) is 0 Å². The summed E-state index contributed by atoms with van der Waals surface area (Å²) < 4.78 is 6.29. The van der Waals surface area contributed by atoms with Crippen LogP contribution in [0.5, 0.6) is 0 Å². The molecule has 16 heavy (non-hydrogen) atoms. The molecule has 1 rings (SSSR count). The zero-order valence-electron chi connectivity index (χ0n) is 10.8. The third-order valence-electron chi connectivity index (χ3n) is 3.32. The molecule has 1 aromatic rings. The molecule has 0 aromatic heterocycles. The zero-order valence-corrected chi connectivity index (χ0v) is 11.8. The van der Waals surface area contributed by atoms with Crippen molar-refractivity contribution in [3.05, 3.63) is 30.3 Å². The topological polar surface area (TPSA) is 9.23 Å². The van der Waals surface area contributed by atoms with Crippen LogP contribution >= 0.6 is 0 Å². The van der Waals surface area contributed by atoms with E-state index in [1.54, 1.807) is 0 Å². The van der Waals surface area contributed by atoms with Gasteiger partial charge in [-0.1, -0.05) is 57.5 Å². The van der Waals surface area contributed by atoms with Gasteiger partial charge >= 0.3 is 0 Å². The Morgan fingerprint density at radius 1 is 1.00 bits per heavy atom. The lowest BCUT2D eigenvalue weighted by Gasteiger charge is -2.29. The van der Waals surface area contributed by atoms with Crippen LogP contribution < -0.4 is 5.19 Å². The Balaban J connectivity index is 2.79. The highest BCUT2D eigenvalue weighted by Crippen LogP contribution is 2.17. The van der Waals surface area contributed by atoms with E-state index in [2.05, 4.69) is 51.1 Å². The van der Waals surface area contributed by atoms with Crippen LogP contribution in [0.3, 0.4) is 0 Å². The molecule has 0 amide bonds. The molecule has 1 nitrogen and oxygen atoms in total. The van der Waals surface area contributed by atoms with Crippen molar-refractivity contribution in [3.8, 4) is 0 Å². The minimum Gasteiger partial charge on any atom is -0.412 e. The third kappa shape index (κ3) is 3.19. The maximum absolute atomic E-state index is 6.29. The maximum Gasteiger partial charge on any atom is 0.223 e. The Morgan fingerprint density at radius 3 is 2.12 bits per heavy atom. The maximum atomic E-state index is 6.29. The fourth-order valence-corrected chi connectivity index (χ4v) is 5.33. The lowest BCUT2D eigenvalue weighted by molar-refractivity contribution is 0.300. The van der Waals surface area contributed by atoms with Gasteiger partial charge in [0.05, 0.1) is 0 Å². The normalized spacial score (nSPS) is 11.7. The minimum absolute atomic E-state index is 0.930. The number of hydrogen-bond donors (Lipinski definition) is 0. The van der Waals surface area contributed by atoms with Gasteiger partial charge in [0.25, 0.3) is 0 Å². The highest BCUT2D eigenvalue weighted by atomic mass is 28.4. The van der Waals surface area contributed by atoms with Crippen molar-refractivity contribution in [1.29, 1.82) is 0 Å². The van der Waals surface area contributed by atoms with Gasteiger partial charge < -0.3 is 4.43 Å². The molecule has 0 N–H and O–H groups in total. The summed E-state index contributed by atoms with van der Waals surface area (Å²) in [6.45, 7) is 7.69. The van der Waals surface area contributed by atoms with Crippen molar-refractivity contribution in [3.63, 3.8) is 0 Å². The zero-order chi connectivity index (χ0) is 11.9. The second-order valence-corrected chi connectivity index (χ2v) is 8.54. The van der Waals surface area contributed by atoms with Crippen molar-refractivity contribution in [2.24, 2.45) is 0 Å². The van der Waals surface area contributed by atoms with Crippen LogP contribution in [0.25, 0.3) is 0 Å². The molecule has 1 aromatic carbocycles. The number of benzene rings is 1. The van der Waals surface area contributed by atoms with E-state index in [4.69, 9.17) is 4.43 Å². The van der Waals surface area contributed by atoms with E-state index in [1.807, 2.05) is 0 Å². The first kappa shape index (κ1) is 13.5. The SMILES string of the molecule is CCCCO[Si](CC)(CC)c1ccccc1. The summed E-state index contributed by atoms with van der Waals surface area (Å²) in [5.41, 5.74) is 0. The lowest BCUT2D eigenvalue weighted by Crippen LogP contribution is -2.49. The monoisotopic (exact) mass is 236 g/mol. The molecule has 0 spiro atoms. The van der Waals surface area contributed by atoms with Crippen molar-refractivity contribution >= 4 is 13.5 Å². The molecule has 0 aliphatic rings. The van der Waals surface area contributed by atoms with Gasteiger partial charge in [0.15, 0.2) is 0 Å². The van der Waals surface area contributed by atoms with Crippen LogP contribution in [0.15, 0.2) is 30.3 Å². The highest BCUT2D eigenvalue weighted by molar-refractivity contribution is 6.86. The van der Waals surface area contributed by atoms with Crippen LogP contribution in [0.2, 0.25) is 12.1 Å². The predicted molar refractivity (Wildman–Crippen MR) is 73.7 cm³/mol. The summed E-state index contributed by atoms with van der Waals surface area (Å²) in [6.07, 6.45) is 2.40. The molecule has 0 radical (unpaired) electrons. The Kier molecular flexibility index (Phi) is 5.78. The minimum atomic E-state index is -1.66. The van der Waals surface area contributed by atoms with Gasteiger partial charge in [-0.2, -0.15) is 0 Å². The van der Waals surface area contributed by atoms with Gasteiger partial charge in [-0.25, -0.2) is 0 Å². The van der Waals surface area contributed by atoms with E-state index in [0.717, 1.165) is 6.61 Å². The standard InChI is InChI=1S/C14H24OSi/c1-4-7-13-15-16(5-2,6-3)14-11-9-8-10-12-14/h8-12H,4-7,13H2,1-3H3. The Morgan fingerprint density at radius 2 is 1.62 bits per heavy atom. The first-order valence-electron chi connectivity index (χ1n) is 6.48. The molecule has 0 bridgehead atoms. The average Bonchev–Trinajstić information content (AvgIpc) is 2.36. The molecule has 0 atom stereocenters. The fourth-order valence-electron chi connectivity index (χ4n) is 2.10. The third-order valence-corrected chi connectivity index (χ3v) is 7.75. The summed E-state index contributed by atoms with van der Waals surface area (Å²) in [5.74, 6) is 0. The number of hydrogen-bond acceptors (Lipinski definition) is 1. The molecule has 0 heterocycles. The number of rotatable bonds is 7. The summed E-state index contributed by atoms with van der Waals surface area (Å²) in [7, 11) is -1.66. The van der Waals surface area contributed by atoms with Crippen LogP contribution in [-0.2, 0) is 4.43 Å². The van der Waals surface area contributed by atoms with Crippen LogP contribution in [-0.4, -0.2) is 14.9 Å². The summed E-state index contributed by atoms with van der Waals surface area (Å²) >= 11 is 0. The van der Waals surface area contributed by atoms with Gasteiger partial charge in [-0.15, -0.1) is 0 Å². The Labute approximate surface area is 101 Å². The van der Waals surface area contributed by atoms with E-state index >= 15 is 0 Å². The second kappa shape index (κ2) is 6.87. The summed E-state index contributed by atoms with van der Waals surface area (Å²) in [4.78, 5) is 0. The molecule has 90 valence electrons. The molecule has 0 unspecified atom stereocenters. The van der Waals surface area contributed by atoms with Gasteiger partial charge in [0, 0.05) is 6.61 Å². The van der Waals surface area contributed by atoms with Crippen molar-refractivity contribution < 1.29 is 4.43 Å². The van der Waals surface area contributed by atoms with Gasteiger partial charge in [0.2, 0.25) is 8.32 Å². The fraction of sp³-hybridized carbons (Fsp3) is 0.571. The Hall–Kier alpha value is -0.603. The van der Waals surface area contributed by atoms with Crippen LogP contribution in [0, 0.1) is 0 Å². The quantitative estimate of drug-likeness (QED) is 0.518. The van der Waals surface area contributed by atoms with Crippen LogP contribution in [0.4, 0.5) is 0 Å². The Bertz CT molecular complexity index is 280. The van der Waals surface area contributed by atoms with Crippen molar-refractivity contribution in [1.82, 2.24) is 0 Å². The molecule has 0 saturated heterocycles. The van der Waals surface area contributed by atoms with E-state index < -0.39 is 8.32 Å². The highest BCUT2D eigenvalue weighted by Gasteiger charge is 2.32. The summed E-state index contributed by atoms with van der Waals surface area (Å²) in [5, 5.41) is 1.45. The molecule has 0 aliphatic carbocycles. The summed E-state index contributed by atoms with van der Waals surface area (Å²) in [6, 6.07) is 13.2. The molecule has 0 aliphatic heterocycles. The van der Waals surface area contributed by atoms with E-state index in [1.165, 1.54) is 30.1 Å². The van der Waals surface area contributed by atoms with Crippen molar-refractivity contribution in [2.75, 3.05) is 6.61 Å². The van der Waals surface area contributed by atoms with Crippen LogP contribution in [0.1, 0.15) is 33.6 Å². The predicted octanol–water partition coefficient (Wildman–Crippen LogP) is 3.70. The van der Waals surface area contributed by atoms with Gasteiger partial charge in [-0.05, 0) is 23.7 Å². The number of unbranched alkanes of at least 4 members (excludes halogenated alkanes) is 1. The second-order valence-electron chi connectivity index (χ2n) is 4.27. The molecule has 0 saturated carbocycles. The average molecular weight is 236 g/mol. The molecule has 0 fully saturated rings. The van der Waals surface area contributed by atoms with Gasteiger partial charge in [0.1, 0.15) is 0 Å². The van der Waals surface area contributed by atoms with E-state index in [-0.39, 0.29) is 0 Å².